The summed E-state index contributed by atoms with van der Waals surface area (Å²) in [6.45, 7) is 3.82. The van der Waals surface area contributed by atoms with Gasteiger partial charge in [0.15, 0.2) is 0 Å². The molecule has 30 heavy (non-hydrogen) atoms. The molecule has 2 aliphatic heterocycles. The van der Waals surface area contributed by atoms with E-state index >= 15 is 0 Å². The molecule has 2 N–H and O–H groups in total. The highest BCUT2D eigenvalue weighted by Gasteiger charge is 2.45. The van der Waals surface area contributed by atoms with Gasteiger partial charge in [-0.15, -0.1) is 0 Å². The predicted molar refractivity (Wildman–Crippen MR) is 120 cm³/mol. The van der Waals surface area contributed by atoms with Crippen molar-refractivity contribution in [3.8, 4) is 0 Å². The van der Waals surface area contributed by atoms with Crippen molar-refractivity contribution in [2.45, 2.75) is 16.1 Å². The maximum Gasteiger partial charge on any atom is 0.256 e. The average Bonchev–Trinajstić information content (AvgIpc) is 3.42. The molecule has 2 saturated heterocycles. The summed E-state index contributed by atoms with van der Waals surface area (Å²) in [7, 11) is 0. The maximum atomic E-state index is 12.5. The first-order chi connectivity index (χ1) is 14.4. The molecule has 2 aromatic rings. The summed E-state index contributed by atoms with van der Waals surface area (Å²) in [4.78, 5) is 24.9. The number of ether oxygens (including phenoxy) is 2. The molecule has 1 atom stereocenters. The number of carbonyl (C=O) groups is 2. The Morgan fingerprint density at radius 1 is 1.10 bits per heavy atom. The van der Waals surface area contributed by atoms with Crippen LogP contribution in [0.2, 0.25) is 0 Å². The van der Waals surface area contributed by atoms with Crippen LogP contribution in [-0.4, -0.2) is 55.5 Å². The molecule has 2 aliphatic rings. The van der Waals surface area contributed by atoms with E-state index in [1.54, 1.807) is 12.1 Å². The topological polar surface area (TPSA) is 79.9 Å². The Bertz CT molecular complexity index is 912. The molecule has 2 fully saturated rings. The predicted octanol–water partition coefficient (Wildman–Crippen LogP) is 2.20. The number of carbonyl (C=O) groups excluding carboxylic acids is 2. The fourth-order valence-corrected chi connectivity index (χ4v) is 4.36. The van der Waals surface area contributed by atoms with Crippen molar-refractivity contribution < 1.29 is 19.1 Å². The zero-order chi connectivity index (χ0) is 21.2. The monoisotopic (exact) mass is 521 g/mol. The SMILES string of the molecule is CC(I)(c1ccccc1)c1ccc(C(=O)NCC(=O)N2CC3(CN2)OCCO3)cc1. The highest BCUT2D eigenvalue weighted by atomic mass is 127. The third kappa shape index (κ3) is 4.36. The Hall–Kier alpha value is -2.01. The van der Waals surface area contributed by atoms with E-state index in [4.69, 9.17) is 9.47 Å². The largest absolute Gasteiger partial charge is 0.345 e. The summed E-state index contributed by atoms with van der Waals surface area (Å²) in [5.41, 5.74) is 5.78. The van der Waals surface area contributed by atoms with Gasteiger partial charge in [0.25, 0.3) is 11.8 Å². The van der Waals surface area contributed by atoms with Gasteiger partial charge in [-0.2, -0.15) is 0 Å². The first-order valence-corrected chi connectivity index (χ1v) is 10.9. The lowest BCUT2D eigenvalue weighted by Gasteiger charge is -2.24. The van der Waals surface area contributed by atoms with Crippen molar-refractivity contribution in [1.82, 2.24) is 15.8 Å². The maximum absolute atomic E-state index is 12.5. The van der Waals surface area contributed by atoms with Crippen LogP contribution in [0.1, 0.15) is 28.4 Å². The fourth-order valence-electron chi connectivity index (χ4n) is 3.64. The van der Waals surface area contributed by atoms with E-state index < -0.39 is 5.79 Å². The summed E-state index contributed by atoms with van der Waals surface area (Å²) >= 11 is 2.42. The van der Waals surface area contributed by atoms with Crippen LogP contribution in [0.5, 0.6) is 0 Å². The van der Waals surface area contributed by atoms with Crippen molar-refractivity contribution in [2.24, 2.45) is 0 Å². The number of halogens is 1. The molecule has 158 valence electrons. The van der Waals surface area contributed by atoms with Gasteiger partial charge in [0.05, 0.1) is 36.3 Å². The zero-order valence-electron chi connectivity index (χ0n) is 16.7. The van der Waals surface area contributed by atoms with Gasteiger partial charge in [-0.3, -0.25) is 14.6 Å². The Morgan fingerprint density at radius 3 is 2.40 bits per heavy atom. The van der Waals surface area contributed by atoms with Gasteiger partial charge in [-0.25, -0.2) is 5.43 Å². The Kier molecular flexibility index (Phi) is 6.10. The molecule has 0 aromatic heterocycles. The van der Waals surface area contributed by atoms with Gasteiger partial charge < -0.3 is 14.8 Å². The number of benzene rings is 2. The van der Waals surface area contributed by atoms with Gasteiger partial charge in [0.1, 0.15) is 0 Å². The van der Waals surface area contributed by atoms with E-state index in [0.29, 0.717) is 31.9 Å². The summed E-state index contributed by atoms with van der Waals surface area (Å²) in [5.74, 6) is -1.27. The number of amides is 2. The average molecular weight is 521 g/mol. The molecule has 8 heteroatoms. The second kappa shape index (κ2) is 8.62. The number of nitrogens with zero attached hydrogens (tertiary/aromatic N) is 1. The number of hydrazine groups is 1. The minimum atomic E-state index is -0.750. The zero-order valence-corrected chi connectivity index (χ0v) is 18.8. The van der Waals surface area contributed by atoms with Gasteiger partial charge >= 0.3 is 0 Å². The molecular weight excluding hydrogens is 497 g/mol. The molecule has 7 nitrogen and oxygen atoms in total. The van der Waals surface area contributed by atoms with E-state index in [0.717, 1.165) is 5.56 Å². The minimum Gasteiger partial charge on any atom is -0.345 e. The number of nitrogens with one attached hydrogen (secondary N) is 2. The number of rotatable bonds is 5. The molecule has 0 aliphatic carbocycles. The van der Waals surface area contributed by atoms with Gasteiger partial charge in [-0.1, -0.05) is 65.1 Å². The minimum absolute atomic E-state index is 0.0995. The molecule has 1 unspecified atom stereocenters. The third-order valence-corrected chi connectivity index (χ3v) is 6.70. The molecular formula is C22H24IN3O4. The van der Waals surface area contributed by atoms with Crippen LogP contribution in [0.15, 0.2) is 54.6 Å². The van der Waals surface area contributed by atoms with E-state index in [1.165, 1.54) is 10.6 Å². The van der Waals surface area contributed by atoms with E-state index in [-0.39, 0.29) is 21.8 Å². The highest BCUT2D eigenvalue weighted by molar-refractivity contribution is 14.1. The van der Waals surface area contributed by atoms with Crippen LogP contribution in [0, 0.1) is 0 Å². The van der Waals surface area contributed by atoms with Gasteiger partial charge in [0, 0.05) is 5.56 Å². The Balaban J connectivity index is 1.33. The number of hydrogen-bond acceptors (Lipinski definition) is 5. The van der Waals surface area contributed by atoms with Crippen LogP contribution < -0.4 is 10.7 Å². The lowest BCUT2D eigenvalue weighted by molar-refractivity contribution is -0.146. The summed E-state index contributed by atoms with van der Waals surface area (Å²) in [5, 5.41) is 4.13. The van der Waals surface area contributed by atoms with Crippen molar-refractivity contribution in [3.05, 3.63) is 71.3 Å². The third-order valence-electron chi connectivity index (χ3n) is 5.46. The van der Waals surface area contributed by atoms with Gasteiger partial charge in [0.2, 0.25) is 5.79 Å². The molecule has 2 amide bonds. The van der Waals surface area contributed by atoms with Crippen LogP contribution >= 0.6 is 22.6 Å². The molecule has 0 saturated carbocycles. The molecule has 1 spiro atoms. The summed E-state index contributed by atoms with van der Waals surface area (Å²) < 4.78 is 11.0. The molecule has 0 bridgehead atoms. The Labute approximate surface area is 189 Å². The van der Waals surface area contributed by atoms with Crippen molar-refractivity contribution >= 4 is 34.4 Å². The van der Waals surface area contributed by atoms with E-state index in [9.17, 15) is 9.59 Å². The quantitative estimate of drug-likeness (QED) is 0.466. The second-order valence-electron chi connectivity index (χ2n) is 7.55. The van der Waals surface area contributed by atoms with Crippen LogP contribution in [0.25, 0.3) is 0 Å². The first-order valence-electron chi connectivity index (χ1n) is 9.85. The molecule has 0 radical (unpaired) electrons. The fraction of sp³-hybridized carbons (Fsp3) is 0.364. The summed E-state index contributed by atoms with van der Waals surface area (Å²) in [6, 6.07) is 17.7. The summed E-state index contributed by atoms with van der Waals surface area (Å²) in [6.07, 6.45) is 0. The van der Waals surface area contributed by atoms with Gasteiger partial charge in [-0.05, 0) is 30.2 Å². The molecule has 2 heterocycles. The lowest BCUT2D eigenvalue weighted by Crippen LogP contribution is -2.44. The van der Waals surface area contributed by atoms with Crippen molar-refractivity contribution in [1.29, 1.82) is 0 Å². The number of alkyl halides is 1. The lowest BCUT2D eigenvalue weighted by atomic mass is 9.92. The smallest absolute Gasteiger partial charge is 0.256 e. The van der Waals surface area contributed by atoms with Crippen LogP contribution in [0.3, 0.4) is 0 Å². The van der Waals surface area contributed by atoms with Crippen LogP contribution in [-0.2, 0) is 17.7 Å². The van der Waals surface area contributed by atoms with E-state index in [1.807, 2.05) is 30.3 Å². The normalized spacial score (nSPS) is 19.6. The highest BCUT2D eigenvalue weighted by Crippen LogP contribution is 2.38. The first kappa shape index (κ1) is 21.2. The Morgan fingerprint density at radius 2 is 1.73 bits per heavy atom. The van der Waals surface area contributed by atoms with Crippen molar-refractivity contribution in [2.75, 3.05) is 32.8 Å². The number of hydrogen-bond donors (Lipinski definition) is 2. The molecule has 4 rings (SSSR count). The standard InChI is InChI=1S/C22H24IN3O4/c1-21(23,17-5-3-2-4-6-17)18-9-7-16(8-10-18)20(28)24-13-19(27)26-15-22(14-25-26)29-11-12-30-22/h2-10,25H,11-15H2,1H3,(H,24,28). The van der Waals surface area contributed by atoms with Crippen LogP contribution in [0.4, 0.5) is 0 Å². The second-order valence-corrected chi connectivity index (χ2v) is 9.71. The molecule has 2 aromatic carbocycles. The van der Waals surface area contributed by atoms with E-state index in [2.05, 4.69) is 52.4 Å². The van der Waals surface area contributed by atoms with Crippen molar-refractivity contribution in [3.63, 3.8) is 0 Å².